The minimum absolute atomic E-state index is 0.0269. The fraction of sp³-hybridized carbons (Fsp3) is 0.290. The minimum Gasteiger partial charge on any atom is -0.497 e. The number of aliphatic hydroxyl groups excluding tert-OH is 1. The second-order valence-electron chi connectivity index (χ2n) is 9.70. The SMILES string of the molecule is CN[C@@H]1[C@H](O)[C@@H](COC(c2ccccc2)(c2ccc(OC)cc2)c2ccc(OC)cc2)O[C@H]1n1ccc(=O)[nH]c1=O. The van der Waals surface area contributed by atoms with E-state index in [1.165, 1.54) is 16.8 Å². The van der Waals surface area contributed by atoms with E-state index in [-0.39, 0.29) is 6.61 Å². The lowest BCUT2D eigenvalue weighted by molar-refractivity contribution is -0.0946. The maximum absolute atomic E-state index is 12.5. The highest BCUT2D eigenvalue weighted by atomic mass is 16.6. The van der Waals surface area contributed by atoms with Gasteiger partial charge in [-0.15, -0.1) is 0 Å². The van der Waals surface area contributed by atoms with Crippen LogP contribution in [0.2, 0.25) is 0 Å². The van der Waals surface area contributed by atoms with Crippen LogP contribution in [0, 0.1) is 0 Å². The highest BCUT2D eigenvalue weighted by Gasteiger charge is 2.46. The fourth-order valence-corrected chi connectivity index (χ4v) is 5.34. The minimum atomic E-state index is -1.11. The molecular weight excluding hydrogens is 526 g/mol. The van der Waals surface area contributed by atoms with E-state index in [2.05, 4.69) is 10.3 Å². The number of hydrogen-bond acceptors (Lipinski definition) is 8. The Hall–Kier alpha value is -4.22. The first-order chi connectivity index (χ1) is 19.9. The third-order valence-corrected chi connectivity index (χ3v) is 7.47. The average Bonchev–Trinajstić information content (AvgIpc) is 3.33. The Morgan fingerprint density at radius 1 is 0.878 bits per heavy atom. The second kappa shape index (κ2) is 12.1. The maximum atomic E-state index is 12.5. The van der Waals surface area contributed by atoms with Gasteiger partial charge in [0.05, 0.1) is 26.9 Å². The van der Waals surface area contributed by atoms with E-state index in [4.69, 9.17) is 18.9 Å². The number of aliphatic hydroxyl groups is 1. The summed E-state index contributed by atoms with van der Waals surface area (Å²) in [5.41, 5.74) is 0.275. The van der Waals surface area contributed by atoms with Gasteiger partial charge in [0.15, 0.2) is 6.23 Å². The van der Waals surface area contributed by atoms with E-state index >= 15 is 0 Å². The Morgan fingerprint density at radius 2 is 1.44 bits per heavy atom. The summed E-state index contributed by atoms with van der Waals surface area (Å²) in [7, 11) is 4.90. The summed E-state index contributed by atoms with van der Waals surface area (Å²) in [5, 5.41) is 14.3. The third-order valence-electron chi connectivity index (χ3n) is 7.47. The van der Waals surface area contributed by atoms with E-state index in [0.29, 0.717) is 11.5 Å². The molecule has 4 aromatic rings. The molecule has 0 unspecified atom stereocenters. The average molecular weight is 560 g/mol. The zero-order valence-corrected chi connectivity index (χ0v) is 23.0. The van der Waals surface area contributed by atoms with Gasteiger partial charge in [-0.3, -0.25) is 14.3 Å². The van der Waals surface area contributed by atoms with Crippen molar-refractivity contribution >= 4 is 0 Å². The van der Waals surface area contributed by atoms with Crippen molar-refractivity contribution in [3.8, 4) is 11.5 Å². The summed E-state index contributed by atoms with van der Waals surface area (Å²) in [6, 6.07) is 25.7. The molecule has 1 aliphatic rings. The summed E-state index contributed by atoms with van der Waals surface area (Å²) >= 11 is 0. The van der Waals surface area contributed by atoms with Gasteiger partial charge in [0.2, 0.25) is 0 Å². The summed E-state index contributed by atoms with van der Waals surface area (Å²) in [4.78, 5) is 26.4. The van der Waals surface area contributed by atoms with Crippen molar-refractivity contribution in [2.24, 2.45) is 0 Å². The van der Waals surface area contributed by atoms with Gasteiger partial charge in [0, 0.05) is 12.3 Å². The van der Waals surface area contributed by atoms with Crippen LogP contribution in [-0.4, -0.2) is 60.8 Å². The summed E-state index contributed by atoms with van der Waals surface area (Å²) in [5.74, 6) is 1.40. The van der Waals surface area contributed by atoms with Crippen LogP contribution >= 0.6 is 0 Å². The number of aromatic amines is 1. The van der Waals surface area contributed by atoms with Crippen LogP contribution in [0.5, 0.6) is 11.5 Å². The zero-order chi connectivity index (χ0) is 29.0. The largest absolute Gasteiger partial charge is 0.497 e. The molecule has 3 aromatic carbocycles. The number of nitrogens with zero attached hydrogens (tertiary/aromatic N) is 1. The molecule has 0 saturated carbocycles. The number of ether oxygens (including phenoxy) is 4. The molecule has 1 saturated heterocycles. The van der Waals surface area contributed by atoms with Gasteiger partial charge < -0.3 is 29.4 Å². The molecule has 10 heteroatoms. The number of rotatable bonds is 10. The molecule has 3 N–H and O–H groups in total. The molecule has 41 heavy (non-hydrogen) atoms. The maximum Gasteiger partial charge on any atom is 0.330 e. The van der Waals surface area contributed by atoms with Crippen molar-refractivity contribution in [2.75, 3.05) is 27.9 Å². The van der Waals surface area contributed by atoms with E-state index in [1.54, 1.807) is 21.3 Å². The molecule has 0 radical (unpaired) electrons. The molecule has 1 aliphatic heterocycles. The van der Waals surface area contributed by atoms with Crippen LogP contribution in [-0.2, 0) is 15.1 Å². The van der Waals surface area contributed by atoms with Crippen molar-refractivity contribution in [3.63, 3.8) is 0 Å². The lowest BCUT2D eigenvalue weighted by atomic mass is 9.80. The molecule has 2 heterocycles. The summed E-state index contributed by atoms with van der Waals surface area (Å²) in [6.45, 7) is -0.0269. The van der Waals surface area contributed by atoms with Gasteiger partial charge in [0.1, 0.15) is 29.3 Å². The monoisotopic (exact) mass is 559 g/mol. The van der Waals surface area contributed by atoms with Crippen LogP contribution in [0.3, 0.4) is 0 Å². The van der Waals surface area contributed by atoms with Gasteiger partial charge in [-0.05, 0) is 48.0 Å². The normalized spacial score (nSPS) is 20.6. The highest BCUT2D eigenvalue weighted by Crippen LogP contribution is 2.42. The Kier molecular flexibility index (Phi) is 8.36. The molecular formula is C31H33N3O7. The lowest BCUT2D eigenvalue weighted by Crippen LogP contribution is -2.45. The van der Waals surface area contributed by atoms with E-state index in [1.807, 2.05) is 78.9 Å². The van der Waals surface area contributed by atoms with Gasteiger partial charge in [-0.2, -0.15) is 0 Å². The number of methoxy groups -OCH3 is 2. The lowest BCUT2D eigenvalue weighted by Gasteiger charge is -2.37. The number of nitrogens with one attached hydrogen (secondary N) is 2. The Morgan fingerprint density at radius 3 is 1.95 bits per heavy atom. The molecule has 5 rings (SSSR count). The molecule has 10 nitrogen and oxygen atoms in total. The Labute approximate surface area is 237 Å². The molecule has 1 aromatic heterocycles. The topological polar surface area (TPSA) is 124 Å². The van der Waals surface area contributed by atoms with Crippen molar-refractivity contribution in [2.45, 2.75) is 30.1 Å². The summed E-state index contributed by atoms with van der Waals surface area (Å²) in [6.07, 6.45) is -1.35. The van der Waals surface area contributed by atoms with Crippen molar-refractivity contribution in [1.82, 2.24) is 14.9 Å². The smallest absolute Gasteiger partial charge is 0.330 e. The van der Waals surface area contributed by atoms with Crippen molar-refractivity contribution < 1.29 is 24.1 Å². The van der Waals surface area contributed by atoms with Gasteiger partial charge >= 0.3 is 5.69 Å². The standard InChI is InChI=1S/C31H33N3O7/c1-32-27-28(36)25(41-29(27)34-18-17-26(35)33-30(34)37)19-40-31(20-7-5-4-6-8-20,21-9-13-23(38-2)14-10-21)22-11-15-24(39-3)16-12-22/h4-18,25,27-29,32,36H,19H2,1-3H3,(H,33,35,37)/t25-,27-,28-,29-/m1/s1. The molecule has 4 atom stereocenters. The van der Waals surface area contributed by atoms with Crippen LogP contribution in [0.1, 0.15) is 22.9 Å². The zero-order valence-electron chi connectivity index (χ0n) is 23.0. The first-order valence-electron chi connectivity index (χ1n) is 13.2. The number of aromatic nitrogens is 2. The van der Waals surface area contributed by atoms with Crippen LogP contribution < -0.4 is 26.0 Å². The van der Waals surface area contributed by atoms with Crippen molar-refractivity contribution in [1.29, 1.82) is 0 Å². The predicted molar refractivity (Wildman–Crippen MR) is 152 cm³/mol. The van der Waals surface area contributed by atoms with E-state index in [0.717, 1.165) is 16.7 Å². The first kappa shape index (κ1) is 28.3. The van der Waals surface area contributed by atoms with Gasteiger partial charge in [-0.1, -0.05) is 54.6 Å². The third kappa shape index (κ3) is 5.42. The number of H-pyrrole nitrogens is 1. The first-order valence-corrected chi connectivity index (χ1v) is 13.2. The quantitative estimate of drug-likeness (QED) is 0.253. The number of hydrogen-bond donors (Lipinski definition) is 3. The fourth-order valence-electron chi connectivity index (χ4n) is 5.34. The number of benzene rings is 3. The molecule has 0 bridgehead atoms. The van der Waals surface area contributed by atoms with Crippen LogP contribution in [0.25, 0.3) is 0 Å². The van der Waals surface area contributed by atoms with Crippen LogP contribution in [0.15, 0.2) is 101 Å². The summed E-state index contributed by atoms with van der Waals surface area (Å²) < 4.78 is 25.2. The van der Waals surface area contributed by atoms with Gasteiger partial charge in [0.25, 0.3) is 5.56 Å². The van der Waals surface area contributed by atoms with Crippen LogP contribution in [0.4, 0.5) is 0 Å². The molecule has 0 amide bonds. The molecule has 0 spiro atoms. The van der Waals surface area contributed by atoms with Crippen molar-refractivity contribution in [3.05, 3.63) is 129 Å². The molecule has 0 aliphatic carbocycles. The van der Waals surface area contributed by atoms with E-state index in [9.17, 15) is 14.7 Å². The molecule has 214 valence electrons. The molecule has 1 fully saturated rings. The Bertz CT molecular complexity index is 1500. The van der Waals surface area contributed by atoms with Gasteiger partial charge in [-0.25, -0.2) is 4.79 Å². The second-order valence-corrected chi connectivity index (χ2v) is 9.70. The Balaban J connectivity index is 1.57. The predicted octanol–water partition coefficient (Wildman–Crippen LogP) is 2.41. The number of likely N-dealkylation sites (N-methyl/N-ethyl adjacent to an activating group) is 1. The van der Waals surface area contributed by atoms with E-state index < -0.39 is 41.3 Å². The highest BCUT2D eigenvalue weighted by molar-refractivity contribution is 5.49.